The van der Waals surface area contributed by atoms with Crippen LogP contribution in [0.5, 0.6) is 5.75 Å². The molecule has 1 atom stereocenters. The first-order chi connectivity index (χ1) is 13.8. The summed E-state index contributed by atoms with van der Waals surface area (Å²) in [4.78, 5) is 4.58. The number of aryl methyl sites for hydroxylation is 1. The largest absolute Gasteiger partial charge is 0.492 e. The number of rotatable bonds is 7. The minimum Gasteiger partial charge on any atom is -0.492 e. The van der Waals surface area contributed by atoms with Crippen molar-refractivity contribution in [2.75, 3.05) is 13.2 Å². The van der Waals surface area contributed by atoms with Gasteiger partial charge in [-0.1, -0.05) is 28.1 Å². The minimum atomic E-state index is 0.00880. The average Bonchev–Trinajstić information content (AvgIpc) is 3.22. The molecule has 4 rings (SSSR count). The smallest absolute Gasteiger partial charge is 0.150 e. The van der Waals surface area contributed by atoms with Crippen molar-refractivity contribution in [3.63, 3.8) is 0 Å². The van der Waals surface area contributed by atoms with E-state index >= 15 is 0 Å². The summed E-state index contributed by atoms with van der Waals surface area (Å²) in [7, 11) is 0. The van der Waals surface area contributed by atoms with Crippen molar-refractivity contribution >= 4 is 15.9 Å². The van der Waals surface area contributed by atoms with E-state index in [1.54, 1.807) is 12.4 Å². The van der Waals surface area contributed by atoms with Crippen molar-refractivity contribution in [3.8, 4) is 17.1 Å². The maximum atomic E-state index is 5.86. The highest BCUT2D eigenvalue weighted by Crippen LogP contribution is 2.28. The molecular weight excluding hydrogens is 418 g/mol. The number of hydrogen-bond donors (Lipinski definition) is 0. The Morgan fingerprint density at radius 2 is 2.14 bits per heavy atom. The van der Waals surface area contributed by atoms with Crippen molar-refractivity contribution in [2.45, 2.75) is 38.3 Å². The molecule has 1 unspecified atom stereocenters. The van der Waals surface area contributed by atoms with E-state index in [0.29, 0.717) is 6.61 Å². The summed E-state index contributed by atoms with van der Waals surface area (Å²) in [6.45, 7) is 1.46. The van der Waals surface area contributed by atoms with Gasteiger partial charge in [-0.3, -0.25) is 4.98 Å². The van der Waals surface area contributed by atoms with Gasteiger partial charge in [0.2, 0.25) is 0 Å². The number of pyridine rings is 1. The van der Waals surface area contributed by atoms with E-state index in [4.69, 9.17) is 9.47 Å². The van der Waals surface area contributed by atoms with Crippen molar-refractivity contribution < 1.29 is 9.47 Å². The molecule has 1 aromatic carbocycles. The molecule has 0 N–H and O–H groups in total. The third-order valence-corrected chi connectivity index (χ3v) is 5.36. The molecule has 28 heavy (non-hydrogen) atoms. The highest BCUT2D eigenvalue weighted by atomic mass is 79.9. The number of halogens is 1. The van der Waals surface area contributed by atoms with Crippen molar-refractivity contribution in [1.29, 1.82) is 0 Å². The van der Waals surface area contributed by atoms with Crippen LogP contribution in [-0.4, -0.2) is 28.0 Å². The van der Waals surface area contributed by atoms with E-state index in [9.17, 15) is 0 Å². The van der Waals surface area contributed by atoms with Crippen LogP contribution in [0.25, 0.3) is 11.4 Å². The zero-order valence-electron chi connectivity index (χ0n) is 15.8. The normalized spacial score (nSPS) is 16.8. The lowest BCUT2D eigenvalue weighted by molar-refractivity contribution is -0.0384. The van der Waals surface area contributed by atoms with Gasteiger partial charge in [-0.2, -0.15) is 5.10 Å². The molecule has 0 spiro atoms. The topological polar surface area (TPSA) is 49.2 Å². The second-order valence-electron chi connectivity index (χ2n) is 6.94. The van der Waals surface area contributed by atoms with Crippen LogP contribution < -0.4 is 4.74 Å². The number of benzene rings is 1. The maximum absolute atomic E-state index is 5.86. The molecule has 1 fully saturated rings. The van der Waals surface area contributed by atoms with Gasteiger partial charge in [0.25, 0.3) is 0 Å². The van der Waals surface area contributed by atoms with Gasteiger partial charge < -0.3 is 9.47 Å². The molecular formula is C22H24BrN3O2. The van der Waals surface area contributed by atoms with Crippen molar-refractivity contribution in [1.82, 2.24) is 14.8 Å². The summed E-state index contributed by atoms with van der Waals surface area (Å²) in [5.41, 5.74) is 3.17. The summed E-state index contributed by atoms with van der Waals surface area (Å²) >= 11 is 3.51. The molecule has 1 aliphatic rings. The van der Waals surface area contributed by atoms with E-state index in [1.165, 1.54) is 12.0 Å². The Hall–Kier alpha value is -2.18. The summed E-state index contributed by atoms with van der Waals surface area (Å²) in [6, 6.07) is 14.3. The van der Waals surface area contributed by atoms with Gasteiger partial charge in [0.1, 0.15) is 5.75 Å². The highest BCUT2D eigenvalue weighted by Gasteiger charge is 2.19. The number of ether oxygens (including phenoxy) is 2. The van der Waals surface area contributed by atoms with Gasteiger partial charge >= 0.3 is 0 Å². The molecule has 0 saturated carbocycles. The summed E-state index contributed by atoms with van der Waals surface area (Å²) in [5.74, 6) is 0.790. The SMILES string of the molecule is Brc1cccc(CCCOc2ccc(-c3ccnn3C3CCCCO3)nc2)c1. The van der Waals surface area contributed by atoms with Gasteiger partial charge in [-0.05, 0) is 68.0 Å². The third-order valence-electron chi connectivity index (χ3n) is 4.87. The Morgan fingerprint density at radius 3 is 2.93 bits per heavy atom. The standard InChI is InChI=1S/C22H24BrN3O2/c23-18-7-3-5-17(15-18)6-4-14-27-19-9-10-20(24-16-19)21-11-12-25-26(21)22-8-1-2-13-28-22/h3,5,7,9-12,15-16,22H,1-2,4,6,8,13-14H2. The second kappa shape index (κ2) is 9.34. The second-order valence-corrected chi connectivity index (χ2v) is 7.86. The number of hydrogen-bond acceptors (Lipinski definition) is 4. The predicted molar refractivity (Wildman–Crippen MR) is 112 cm³/mol. The van der Waals surface area contributed by atoms with Crippen molar-refractivity contribution in [2.24, 2.45) is 0 Å². The van der Waals surface area contributed by atoms with Crippen LogP contribution in [0.3, 0.4) is 0 Å². The van der Waals surface area contributed by atoms with Crippen LogP contribution in [-0.2, 0) is 11.2 Å². The fourth-order valence-corrected chi connectivity index (χ4v) is 3.89. The van der Waals surface area contributed by atoms with Crippen LogP contribution in [0.2, 0.25) is 0 Å². The molecule has 3 heterocycles. The van der Waals surface area contributed by atoms with Gasteiger partial charge in [-0.15, -0.1) is 0 Å². The van der Waals surface area contributed by atoms with Crippen LogP contribution in [0.15, 0.2) is 59.3 Å². The van der Waals surface area contributed by atoms with Crippen LogP contribution in [0.1, 0.15) is 37.5 Å². The zero-order chi connectivity index (χ0) is 19.2. The first kappa shape index (κ1) is 19.2. The lowest BCUT2D eigenvalue weighted by atomic mass is 10.1. The Kier molecular flexibility index (Phi) is 6.39. The van der Waals surface area contributed by atoms with Crippen molar-refractivity contribution in [3.05, 3.63) is 64.9 Å². The highest BCUT2D eigenvalue weighted by molar-refractivity contribution is 9.10. The molecule has 5 nitrogen and oxygen atoms in total. The fourth-order valence-electron chi connectivity index (χ4n) is 3.44. The molecule has 0 bridgehead atoms. The molecule has 6 heteroatoms. The zero-order valence-corrected chi connectivity index (χ0v) is 17.3. The van der Waals surface area contributed by atoms with E-state index in [1.807, 2.05) is 28.9 Å². The Labute approximate surface area is 173 Å². The number of nitrogens with zero attached hydrogens (tertiary/aromatic N) is 3. The fraction of sp³-hybridized carbons (Fsp3) is 0.364. The molecule has 3 aromatic rings. The van der Waals surface area contributed by atoms with E-state index in [0.717, 1.165) is 53.9 Å². The Morgan fingerprint density at radius 1 is 1.18 bits per heavy atom. The lowest BCUT2D eigenvalue weighted by Crippen LogP contribution is -2.20. The first-order valence-electron chi connectivity index (χ1n) is 9.78. The Bertz CT molecular complexity index is 889. The van der Waals surface area contributed by atoms with Crippen LogP contribution >= 0.6 is 15.9 Å². The predicted octanol–water partition coefficient (Wildman–Crippen LogP) is 5.42. The van der Waals surface area contributed by atoms with E-state index in [-0.39, 0.29) is 6.23 Å². The summed E-state index contributed by atoms with van der Waals surface area (Å²) in [6.07, 6.45) is 8.84. The van der Waals surface area contributed by atoms with Crippen LogP contribution in [0, 0.1) is 0 Å². The molecule has 1 saturated heterocycles. The maximum Gasteiger partial charge on any atom is 0.150 e. The number of aromatic nitrogens is 3. The van der Waals surface area contributed by atoms with Gasteiger partial charge in [0.05, 0.1) is 24.2 Å². The van der Waals surface area contributed by atoms with Gasteiger partial charge in [0.15, 0.2) is 6.23 Å². The third kappa shape index (κ3) is 4.80. The first-order valence-corrected chi connectivity index (χ1v) is 10.6. The molecule has 0 radical (unpaired) electrons. The minimum absolute atomic E-state index is 0.00880. The lowest BCUT2D eigenvalue weighted by Gasteiger charge is -2.24. The summed E-state index contributed by atoms with van der Waals surface area (Å²) < 4.78 is 14.8. The van der Waals surface area contributed by atoms with E-state index < -0.39 is 0 Å². The Balaban J connectivity index is 1.32. The molecule has 1 aliphatic heterocycles. The average molecular weight is 442 g/mol. The van der Waals surface area contributed by atoms with Crippen LogP contribution in [0.4, 0.5) is 0 Å². The quantitative estimate of drug-likeness (QED) is 0.459. The molecule has 0 amide bonds. The summed E-state index contributed by atoms with van der Waals surface area (Å²) in [5, 5.41) is 4.45. The van der Waals surface area contributed by atoms with Gasteiger partial charge in [0, 0.05) is 17.3 Å². The monoisotopic (exact) mass is 441 g/mol. The molecule has 2 aromatic heterocycles. The van der Waals surface area contributed by atoms with E-state index in [2.05, 4.69) is 44.2 Å². The van der Waals surface area contributed by atoms with Gasteiger partial charge in [-0.25, -0.2) is 4.68 Å². The molecule has 146 valence electrons. The molecule has 0 aliphatic carbocycles.